The lowest BCUT2D eigenvalue weighted by atomic mass is 10.3. The molecule has 2 heterocycles. The molecule has 1 aliphatic rings. The topological polar surface area (TPSA) is 42.4 Å². The average Bonchev–Trinajstić information content (AvgIpc) is 2.63. The second kappa shape index (κ2) is 4.72. The van der Waals surface area contributed by atoms with Crippen molar-refractivity contribution in [3.63, 3.8) is 0 Å². The van der Waals surface area contributed by atoms with Gasteiger partial charge in [-0.05, 0) is 6.92 Å². The molecule has 2 rings (SSSR count). The number of aryl methyl sites for hydroxylation is 1. The van der Waals surface area contributed by atoms with Gasteiger partial charge in [0.15, 0.2) is 5.13 Å². The fraction of sp³-hybridized carbons (Fsp3) is 0.600. The third kappa shape index (κ3) is 2.35. The van der Waals surface area contributed by atoms with Crippen molar-refractivity contribution in [3.8, 4) is 0 Å². The van der Waals surface area contributed by atoms with E-state index in [1.165, 1.54) is 0 Å². The van der Waals surface area contributed by atoms with E-state index < -0.39 is 0 Å². The van der Waals surface area contributed by atoms with Gasteiger partial charge in [-0.3, -0.25) is 0 Å². The minimum Gasteiger partial charge on any atom is -0.378 e. The zero-order chi connectivity index (χ0) is 10.7. The summed E-state index contributed by atoms with van der Waals surface area (Å²) in [6, 6.07) is 0. The molecular weight excluding hydrogens is 212 g/mol. The normalized spacial score (nSPS) is 16.7. The van der Waals surface area contributed by atoms with Gasteiger partial charge >= 0.3 is 0 Å². The number of rotatable bonds is 3. The molecule has 1 aliphatic heterocycles. The van der Waals surface area contributed by atoms with Gasteiger partial charge in [0, 0.05) is 24.4 Å². The van der Waals surface area contributed by atoms with Crippen molar-refractivity contribution in [3.05, 3.63) is 10.6 Å². The molecule has 4 nitrogen and oxygen atoms in total. The van der Waals surface area contributed by atoms with Crippen molar-refractivity contribution in [1.29, 1.82) is 0 Å². The Hall–Kier alpha value is -0.940. The number of carbonyl (C=O) groups excluding carboxylic acids is 1. The molecule has 0 atom stereocenters. The van der Waals surface area contributed by atoms with Crippen LogP contribution in [0, 0.1) is 6.92 Å². The predicted molar refractivity (Wildman–Crippen MR) is 59.7 cm³/mol. The van der Waals surface area contributed by atoms with Crippen LogP contribution in [-0.2, 0) is 16.0 Å². The molecular formula is C10H14N2O2S. The van der Waals surface area contributed by atoms with Crippen LogP contribution in [0.25, 0.3) is 0 Å². The van der Waals surface area contributed by atoms with E-state index in [2.05, 4.69) is 9.88 Å². The van der Waals surface area contributed by atoms with E-state index in [-0.39, 0.29) is 0 Å². The average molecular weight is 226 g/mol. The summed E-state index contributed by atoms with van der Waals surface area (Å²) in [7, 11) is 0. The van der Waals surface area contributed by atoms with Crippen LogP contribution in [0.2, 0.25) is 0 Å². The smallest absolute Gasteiger partial charge is 0.185 e. The van der Waals surface area contributed by atoms with E-state index in [0.29, 0.717) is 6.42 Å². The number of hydrogen-bond donors (Lipinski definition) is 0. The highest BCUT2D eigenvalue weighted by atomic mass is 32.1. The zero-order valence-corrected chi connectivity index (χ0v) is 9.55. The maximum absolute atomic E-state index is 10.5. The van der Waals surface area contributed by atoms with E-state index in [0.717, 1.165) is 48.3 Å². The van der Waals surface area contributed by atoms with E-state index >= 15 is 0 Å². The molecule has 0 N–H and O–H groups in total. The molecule has 1 saturated heterocycles. The summed E-state index contributed by atoms with van der Waals surface area (Å²) in [5.74, 6) is 0. The number of nitrogens with zero attached hydrogens (tertiary/aromatic N) is 2. The van der Waals surface area contributed by atoms with Crippen LogP contribution in [0.1, 0.15) is 10.6 Å². The molecule has 1 aromatic heterocycles. The SMILES string of the molecule is Cc1nc(N2CCOCC2)sc1CC=O. The molecule has 0 aromatic carbocycles. The summed E-state index contributed by atoms with van der Waals surface area (Å²) in [6.45, 7) is 5.28. The Morgan fingerprint density at radius 1 is 1.53 bits per heavy atom. The van der Waals surface area contributed by atoms with Crippen LogP contribution in [0.5, 0.6) is 0 Å². The van der Waals surface area contributed by atoms with Crippen LogP contribution >= 0.6 is 11.3 Å². The van der Waals surface area contributed by atoms with Crippen molar-refractivity contribution in [1.82, 2.24) is 4.98 Å². The summed E-state index contributed by atoms with van der Waals surface area (Å²) < 4.78 is 5.28. The van der Waals surface area contributed by atoms with Gasteiger partial charge in [0.2, 0.25) is 0 Å². The number of ether oxygens (including phenoxy) is 1. The number of thiazole rings is 1. The van der Waals surface area contributed by atoms with Crippen LogP contribution in [0.15, 0.2) is 0 Å². The van der Waals surface area contributed by atoms with Crippen LogP contribution in [0.3, 0.4) is 0 Å². The molecule has 0 spiro atoms. The first-order valence-corrected chi connectivity index (χ1v) is 5.85. The number of hydrogen-bond acceptors (Lipinski definition) is 5. The number of anilines is 1. The Bertz CT molecular complexity index is 345. The van der Waals surface area contributed by atoms with Gasteiger partial charge in [0.05, 0.1) is 18.9 Å². The number of aromatic nitrogens is 1. The van der Waals surface area contributed by atoms with Crippen LogP contribution in [0.4, 0.5) is 5.13 Å². The first kappa shape index (κ1) is 10.6. The maximum Gasteiger partial charge on any atom is 0.185 e. The highest BCUT2D eigenvalue weighted by Crippen LogP contribution is 2.26. The van der Waals surface area contributed by atoms with Crippen molar-refractivity contribution in [2.75, 3.05) is 31.2 Å². The molecule has 0 radical (unpaired) electrons. The van der Waals surface area contributed by atoms with Gasteiger partial charge < -0.3 is 14.4 Å². The fourth-order valence-electron chi connectivity index (χ4n) is 1.57. The van der Waals surface area contributed by atoms with Gasteiger partial charge in [-0.1, -0.05) is 0 Å². The third-order valence-corrected chi connectivity index (χ3v) is 3.67. The minimum absolute atomic E-state index is 0.480. The Morgan fingerprint density at radius 2 is 2.27 bits per heavy atom. The molecule has 5 heteroatoms. The number of morpholine rings is 1. The van der Waals surface area contributed by atoms with Gasteiger partial charge in [-0.25, -0.2) is 4.98 Å². The summed E-state index contributed by atoms with van der Waals surface area (Å²) in [4.78, 5) is 18.2. The Morgan fingerprint density at radius 3 is 2.93 bits per heavy atom. The highest BCUT2D eigenvalue weighted by molar-refractivity contribution is 7.15. The van der Waals surface area contributed by atoms with Gasteiger partial charge in [0.25, 0.3) is 0 Å². The summed E-state index contributed by atoms with van der Waals surface area (Å²) >= 11 is 1.62. The molecule has 0 bridgehead atoms. The number of aldehydes is 1. The number of carbonyl (C=O) groups is 1. The predicted octanol–water partition coefficient (Wildman–Crippen LogP) is 1.03. The molecule has 15 heavy (non-hydrogen) atoms. The Balaban J connectivity index is 2.13. The minimum atomic E-state index is 0.480. The van der Waals surface area contributed by atoms with Crippen molar-refractivity contribution >= 4 is 22.8 Å². The molecule has 1 aromatic rings. The monoisotopic (exact) mass is 226 g/mol. The van der Waals surface area contributed by atoms with E-state index in [9.17, 15) is 4.79 Å². The first-order chi connectivity index (χ1) is 7.31. The largest absolute Gasteiger partial charge is 0.378 e. The lowest BCUT2D eigenvalue weighted by Gasteiger charge is -2.26. The molecule has 0 aliphatic carbocycles. The van der Waals surface area contributed by atoms with Crippen molar-refractivity contribution in [2.45, 2.75) is 13.3 Å². The first-order valence-electron chi connectivity index (χ1n) is 5.04. The summed E-state index contributed by atoms with van der Waals surface area (Å²) in [6.07, 6.45) is 1.41. The summed E-state index contributed by atoms with van der Waals surface area (Å²) in [5.41, 5.74) is 0.980. The zero-order valence-electron chi connectivity index (χ0n) is 8.73. The second-order valence-electron chi connectivity index (χ2n) is 3.48. The van der Waals surface area contributed by atoms with E-state index in [4.69, 9.17) is 4.74 Å². The molecule has 0 unspecified atom stereocenters. The lowest BCUT2D eigenvalue weighted by molar-refractivity contribution is -0.107. The molecule has 0 amide bonds. The molecule has 82 valence electrons. The van der Waals surface area contributed by atoms with Crippen LogP contribution in [-0.4, -0.2) is 37.6 Å². The van der Waals surface area contributed by atoms with Crippen molar-refractivity contribution in [2.24, 2.45) is 0 Å². The van der Waals surface area contributed by atoms with Crippen LogP contribution < -0.4 is 4.90 Å². The molecule has 0 saturated carbocycles. The van der Waals surface area contributed by atoms with Gasteiger partial charge in [-0.2, -0.15) is 0 Å². The van der Waals surface area contributed by atoms with Gasteiger partial charge in [-0.15, -0.1) is 11.3 Å². The second-order valence-corrected chi connectivity index (χ2v) is 4.54. The van der Waals surface area contributed by atoms with Crippen molar-refractivity contribution < 1.29 is 9.53 Å². The standard InChI is InChI=1S/C10H14N2O2S/c1-8-9(2-5-13)15-10(11-8)12-3-6-14-7-4-12/h5H,2-4,6-7H2,1H3. The molecule has 1 fully saturated rings. The summed E-state index contributed by atoms with van der Waals surface area (Å²) in [5, 5.41) is 1.02. The fourth-order valence-corrected chi connectivity index (χ4v) is 2.63. The van der Waals surface area contributed by atoms with E-state index in [1.807, 2.05) is 6.92 Å². The Labute approximate surface area is 92.9 Å². The lowest BCUT2D eigenvalue weighted by Crippen LogP contribution is -2.36. The maximum atomic E-state index is 10.5. The van der Waals surface area contributed by atoms with E-state index in [1.54, 1.807) is 11.3 Å². The third-order valence-electron chi connectivity index (χ3n) is 2.43. The highest BCUT2D eigenvalue weighted by Gasteiger charge is 2.16. The van der Waals surface area contributed by atoms with Gasteiger partial charge in [0.1, 0.15) is 6.29 Å². The Kier molecular flexibility index (Phi) is 3.33. The quantitative estimate of drug-likeness (QED) is 0.722.